The lowest BCUT2D eigenvalue weighted by Crippen LogP contribution is -2.56. The quantitative estimate of drug-likeness (QED) is 0.795. The first-order chi connectivity index (χ1) is 10.9. The average Bonchev–Trinajstić information content (AvgIpc) is 2.56. The molecule has 1 N–H and O–H groups in total. The van der Waals surface area contributed by atoms with E-state index in [2.05, 4.69) is 40.6 Å². The zero-order valence-corrected chi connectivity index (χ0v) is 12.7. The van der Waals surface area contributed by atoms with E-state index in [1.54, 1.807) is 12.5 Å². The van der Waals surface area contributed by atoms with E-state index in [0.29, 0.717) is 12.1 Å². The number of allylic oxidation sites excluding steroid dienone is 4. The Balaban J connectivity index is 1.51. The molecular formula is C18H22N2O2. The van der Waals surface area contributed by atoms with Crippen LogP contribution in [0.25, 0.3) is 0 Å². The summed E-state index contributed by atoms with van der Waals surface area (Å²) < 4.78 is 11.8. The van der Waals surface area contributed by atoms with Crippen LogP contribution >= 0.6 is 0 Å². The molecule has 5 aliphatic rings. The molecule has 22 heavy (non-hydrogen) atoms. The molecule has 2 atom stereocenters. The largest absolute Gasteiger partial charge is 0.463 e. The summed E-state index contributed by atoms with van der Waals surface area (Å²) >= 11 is 0. The van der Waals surface area contributed by atoms with E-state index in [4.69, 9.17) is 9.47 Å². The number of hydrogen-bond acceptors (Lipinski definition) is 4. The third-order valence-electron chi connectivity index (χ3n) is 4.67. The molecule has 116 valence electrons. The number of rotatable bonds is 2. The highest BCUT2D eigenvalue weighted by atomic mass is 16.6. The smallest absolute Gasteiger partial charge is 0.232 e. The van der Waals surface area contributed by atoms with E-state index < -0.39 is 0 Å². The van der Waals surface area contributed by atoms with E-state index >= 15 is 0 Å². The van der Waals surface area contributed by atoms with E-state index in [1.807, 2.05) is 0 Å². The molecule has 1 fully saturated rings. The number of fused-ring (bicyclic) bond motifs is 4. The van der Waals surface area contributed by atoms with Gasteiger partial charge in [0.15, 0.2) is 12.0 Å². The van der Waals surface area contributed by atoms with Crippen LogP contribution in [0.3, 0.4) is 0 Å². The van der Waals surface area contributed by atoms with Gasteiger partial charge < -0.3 is 19.7 Å². The Hall–Kier alpha value is -1.94. The van der Waals surface area contributed by atoms with E-state index in [1.165, 1.54) is 5.57 Å². The maximum Gasteiger partial charge on any atom is 0.232 e. The molecule has 0 spiro atoms. The molecule has 0 amide bonds. The molecule has 2 unspecified atom stereocenters. The third kappa shape index (κ3) is 2.71. The topological polar surface area (TPSA) is 33.7 Å². The fraction of sp³-hybridized carbons (Fsp3) is 0.444. The molecule has 0 aromatic heterocycles. The van der Waals surface area contributed by atoms with E-state index in [0.717, 1.165) is 50.4 Å². The van der Waals surface area contributed by atoms with Crippen LogP contribution < -0.4 is 5.32 Å². The van der Waals surface area contributed by atoms with Crippen LogP contribution in [0.5, 0.6) is 0 Å². The van der Waals surface area contributed by atoms with Crippen molar-refractivity contribution in [1.82, 2.24) is 10.2 Å². The summed E-state index contributed by atoms with van der Waals surface area (Å²) in [6, 6.07) is 0.922. The van der Waals surface area contributed by atoms with Gasteiger partial charge in [-0.2, -0.15) is 0 Å². The van der Waals surface area contributed by atoms with Crippen LogP contribution in [-0.2, 0) is 9.47 Å². The first-order valence-electron chi connectivity index (χ1n) is 8.15. The van der Waals surface area contributed by atoms with Crippen molar-refractivity contribution >= 4 is 0 Å². The molecule has 4 heteroatoms. The zero-order valence-electron chi connectivity index (χ0n) is 12.7. The maximum atomic E-state index is 6.18. The van der Waals surface area contributed by atoms with E-state index in [-0.39, 0.29) is 0 Å². The van der Waals surface area contributed by atoms with Gasteiger partial charge in [0.1, 0.15) is 6.26 Å². The SMILES string of the molecule is C1=CCCC(C2=COC=C(N3CC4CC=CCC3CN4)O2)=C1. The van der Waals surface area contributed by atoms with Gasteiger partial charge in [-0.05, 0) is 31.3 Å². The third-order valence-corrected chi connectivity index (χ3v) is 4.67. The summed E-state index contributed by atoms with van der Waals surface area (Å²) in [5.74, 6) is 1.70. The van der Waals surface area contributed by atoms with Crippen LogP contribution in [0.2, 0.25) is 0 Å². The van der Waals surface area contributed by atoms with Crippen LogP contribution in [0.4, 0.5) is 0 Å². The van der Waals surface area contributed by atoms with Gasteiger partial charge in [-0.15, -0.1) is 0 Å². The summed E-state index contributed by atoms with van der Waals surface area (Å²) in [5, 5.41) is 3.61. The summed E-state index contributed by atoms with van der Waals surface area (Å²) in [6.45, 7) is 1.97. The number of nitrogens with zero attached hydrogens (tertiary/aromatic N) is 1. The first-order valence-corrected chi connectivity index (χ1v) is 8.15. The van der Waals surface area contributed by atoms with Crippen LogP contribution in [0.1, 0.15) is 25.7 Å². The van der Waals surface area contributed by atoms with Gasteiger partial charge in [-0.3, -0.25) is 0 Å². The summed E-state index contributed by atoms with van der Waals surface area (Å²) in [5.41, 5.74) is 1.21. The number of hydrogen-bond donors (Lipinski definition) is 1. The van der Waals surface area contributed by atoms with Gasteiger partial charge in [-0.1, -0.05) is 30.4 Å². The molecule has 5 rings (SSSR count). The molecule has 0 saturated carbocycles. The Labute approximate surface area is 131 Å². The number of ether oxygens (including phenoxy) is 2. The number of piperazine rings is 1. The minimum absolute atomic E-state index is 0.433. The highest BCUT2D eigenvalue weighted by Gasteiger charge is 2.32. The molecule has 0 aromatic carbocycles. The minimum Gasteiger partial charge on any atom is -0.463 e. The average molecular weight is 298 g/mol. The second-order valence-corrected chi connectivity index (χ2v) is 6.19. The van der Waals surface area contributed by atoms with Crippen LogP contribution in [0.15, 0.2) is 60.1 Å². The Morgan fingerprint density at radius 1 is 1.14 bits per heavy atom. The van der Waals surface area contributed by atoms with Crippen molar-refractivity contribution in [2.75, 3.05) is 13.1 Å². The van der Waals surface area contributed by atoms with Gasteiger partial charge in [0.05, 0.1) is 0 Å². The van der Waals surface area contributed by atoms with Crippen molar-refractivity contribution in [3.8, 4) is 0 Å². The standard InChI is InChI=1S/C18H22N2O2/c1-2-6-14(7-3-1)17-12-21-13-18(22-17)20-11-15-8-4-5-9-16(20)10-19-15/h1-2,4-6,12-13,15-16,19H,3,7-11H2. The lowest BCUT2D eigenvalue weighted by molar-refractivity contribution is 0.0661. The zero-order chi connectivity index (χ0) is 14.8. The Morgan fingerprint density at radius 3 is 3.00 bits per heavy atom. The fourth-order valence-electron chi connectivity index (χ4n) is 3.41. The van der Waals surface area contributed by atoms with Gasteiger partial charge in [-0.25, -0.2) is 0 Å². The second kappa shape index (κ2) is 6.05. The minimum atomic E-state index is 0.433. The molecule has 4 nitrogen and oxygen atoms in total. The summed E-state index contributed by atoms with van der Waals surface area (Å²) in [4.78, 5) is 2.36. The van der Waals surface area contributed by atoms with E-state index in [9.17, 15) is 0 Å². The monoisotopic (exact) mass is 298 g/mol. The van der Waals surface area contributed by atoms with Crippen molar-refractivity contribution in [1.29, 1.82) is 0 Å². The Morgan fingerprint density at radius 2 is 2.09 bits per heavy atom. The van der Waals surface area contributed by atoms with Gasteiger partial charge >= 0.3 is 0 Å². The van der Waals surface area contributed by atoms with Crippen molar-refractivity contribution in [2.45, 2.75) is 37.8 Å². The van der Waals surface area contributed by atoms with Crippen LogP contribution in [-0.4, -0.2) is 30.1 Å². The lowest BCUT2D eigenvalue weighted by Gasteiger charge is -2.43. The van der Waals surface area contributed by atoms with Crippen LogP contribution in [0, 0.1) is 0 Å². The molecule has 0 aromatic rings. The van der Waals surface area contributed by atoms with Gasteiger partial charge in [0.25, 0.3) is 0 Å². The van der Waals surface area contributed by atoms with Crippen molar-refractivity contribution in [3.05, 3.63) is 60.1 Å². The van der Waals surface area contributed by atoms with Crippen molar-refractivity contribution < 1.29 is 9.47 Å². The Kier molecular flexibility index (Phi) is 3.77. The van der Waals surface area contributed by atoms with Crippen molar-refractivity contribution in [3.63, 3.8) is 0 Å². The molecule has 4 heterocycles. The molecule has 4 aliphatic heterocycles. The highest BCUT2D eigenvalue weighted by molar-refractivity contribution is 5.33. The van der Waals surface area contributed by atoms with Crippen molar-refractivity contribution in [2.24, 2.45) is 0 Å². The van der Waals surface area contributed by atoms with Gasteiger partial charge in [0, 0.05) is 25.2 Å². The lowest BCUT2D eigenvalue weighted by atomic mass is 10.00. The molecular weight excluding hydrogens is 276 g/mol. The second-order valence-electron chi connectivity index (χ2n) is 6.19. The van der Waals surface area contributed by atoms with Gasteiger partial charge in [0.2, 0.25) is 5.88 Å². The molecule has 1 saturated heterocycles. The molecule has 0 radical (unpaired) electrons. The summed E-state index contributed by atoms with van der Waals surface area (Å²) in [6.07, 6.45) is 18.6. The predicted molar refractivity (Wildman–Crippen MR) is 85.5 cm³/mol. The first kappa shape index (κ1) is 13.7. The highest BCUT2D eigenvalue weighted by Crippen LogP contribution is 2.30. The molecule has 2 bridgehead atoms. The fourth-order valence-corrected chi connectivity index (χ4v) is 3.41. The molecule has 1 aliphatic carbocycles. The normalized spacial score (nSPS) is 30.5. The number of nitrogens with one attached hydrogen (secondary N) is 1. The Bertz CT molecular complexity index is 586. The summed E-state index contributed by atoms with van der Waals surface area (Å²) in [7, 11) is 0. The maximum absolute atomic E-state index is 6.18. The predicted octanol–water partition coefficient (Wildman–Crippen LogP) is 2.94.